The molecule has 1 saturated heterocycles. The molecule has 2 atom stereocenters. The lowest BCUT2D eigenvalue weighted by Gasteiger charge is -2.30. The van der Waals surface area contributed by atoms with Gasteiger partial charge in [-0.2, -0.15) is 0 Å². The lowest BCUT2D eigenvalue weighted by Crippen LogP contribution is -2.50. The molecule has 0 aromatic heterocycles. The number of nitrogens with one attached hydrogen (secondary N) is 2. The molecule has 2 fully saturated rings. The van der Waals surface area contributed by atoms with E-state index in [0.717, 1.165) is 38.5 Å². The summed E-state index contributed by atoms with van der Waals surface area (Å²) in [7, 11) is 0. The third-order valence-corrected chi connectivity index (χ3v) is 4.75. The number of nitrogens with zero attached hydrogens (tertiary/aromatic N) is 1. The fourth-order valence-electron chi connectivity index (χ4n) is 3.02. The normalized spacial score (nSPS) is 23.8. The summed E-state index contributed by atoms with van der Waals surface area (Å²) in [6.45, 7) is 10.5. The van der Waals surface area contributed by atoms with Gasteiger partial charge in [0.25, 0.3) is 0 Å². The first kappa shape index (κ1) is 16.8. The number of carbonyl (C=O) groups excluding carboxylic acids is 1. The van der Waals surface area contributed by atoms with Gasteiger partial charge in [-0.3, -0.25) is 9.69 Å². The van der Waals surface area contributed by atoms with Crippen LogP contribution in [0.1, 0.15) is 52.9 Å². The van der Waals surface area contributed by atoms with Gasteiger partial charge in [0.2, 0.25) is 5.91 Å². The van der Waals surface area contributed by atoms with Gasteiger partial charge in [0.15, 0.2) is 0 Å². The summed E-state index contributed by atoms with van der Waals surface area (Å²) in [5, 5.41) is 6.67. The van der Waals surface area contributed by atoms with E-state index in [0.29, 0.717) is 12.0 Å². The molecule has 122 valence electrons. The first-order valence-electron chi connectivity index (χ1n) is 8.81. The predicted octanol–water partition coefficient (Wildman–Crippen LogP) is 2.00. The lowest BCUT2D eigenvalue weighted by atomic mass is 10.1. The van der Waals surface area contributed by atoms with Crippen molar-refractivity contribution >= 4 is 5.91 Å². The zero-order valence-corrected chi connectivity index (χ0v) is 14.0. The van der Waals surface area contributed by atoms with E-state index in [9.17, 15) is 4.79 Å². The van der Waals surface area contributed by atoms with E-state index in [1.807, 2.05) is 0 Å². The van der Waals surface area contributed by atoms with Crippen LogP contribution in [-0.2, 0) is 4.79 Å². The van der Waals surface area contributed by atoms with Crippen LogP contribution in [-0.4, -0.2) is 49.1 Å². The van der Waals surface area contributed by atoms with Gasteiger partial charge in [-0.1, -0.05) is 13.8 Å². The van der Waals surface area contributed by atoms with Crippen LogP contribution in [0.4, 0.5) is 0 Å². The molecule has 0 spiro atoms. The Balaban J connectivity index is 1.80. The smallest absolute Gasteiger partial charge is 0.237 e. The van der Waals surface area contributed by atoms with E-state index in [1.54, 1.807) is 0 Å². The molecule has 4 heteroatoms. The predicted molar refractivity (Wildman–Crippen MR) is 87.2 cm³/mol. The molecule has 4 nitrogen and oxygen atoms in total. The fraction of sp³-hybridized carbons (Fsp3) is 0.941. The number of hydrogen-bond donors (Lipinski definition) is 2. The van der Waals surface area contributed by atoms with Gasteiger partial charge in [0.05, 0.1) is 6.04 Å². The highest BCUT2D eigenvalue weighted by atomic mass is 16.2. The molecule has 0 aromatic rings. The third kappa shape index (κ3) is 5.95. The van der Waals surface area contributed by atoms with Gasteiger partial charge in [0.1, 0.15) is 0 Å². The molecule has 1 aliphatic carbocycles. The molecular formula is C17H33N3O. The maximum Gasteiger partial charge on any atom is 0.237 e. The largest absolute Gasteiger partial charge is 0.355 e. The van der Waals surface area contributed by atoms with Crippen molar-refractivity contribution in [3.63, 3.8) is 0 Å². The second-order valence-electron chi connectivity index (χ2n) is 7.34. The Labute approximate surface area is 130 Å². The van der Waals surface area contributed by atoms with E-state index in [-0.39, 0.29) is 11.9 Å². The molecular weight excluding hydrogens is 262 g/mol. The SMILES string of the molecule is CC(C)CCNC(=O)C(C)N(CC1CC1)CC1CCCN1. The molecule has 2 aliphatic rings. The summed E-state index contributed by atoms with van der Waals surface area (Å²) in [4.78, 5) is 14.8. The second-order valence-corrected chi connectivity index (χ2v) is 7.34. The average Bonchev–Trinajstić information content (AvgIpc) is 3.10. The first-order chi connectivity index (χ1) is 10.1. The van der Waals surface area contributed by atoms with Gasteiger partial charge in [-0.25, -0.2) is 0 Å². The van der Waals surface area contributed by atoms with E-state index in [4.69, 9.17) is 0 Å². The summed E-state index contributed by atoms with van der Waals surface area (Å²) >= 11 is 0. The summed E-state index contributed by atoms with van der Waals surface area (Å²) in [6.07, 6.45) is 6.28. The molecule has 1 saturated carbocycles. The molecule has 1 heterocycles. The lowest BCUT2D eigenvalue weighted by molar-refractivity contribution is -0.126. The summed E-state index contributed by atoms with van der Waals surface area (Å²) in [5.74, 6) is 1.68. The van der Waals surface area contributed by atoms with Gasteiger partial charge in [-0.05, 0) is 57.4 Å². The zero-order chi connectivity index (χ0) is 15.2. The van der Waals surface area contributed by atoms with Gasteiger partial charge >= 0.3 is 0 Å². The van der Waals surface area contributed by atoms with Gasteiger partial charge < -0.3 is 10.6 Å². The summed E-state index contributed by atoms with van der Waals surface area (Å²) in [5.41, 5.74) is 0. The Morgan fingerprint density at radius 1 is 1.24 bits per heavy atom. The molecule has 2 rings (SSSR count). The highest BCUT2D eigenvalue weighted by Crippen LogP contribution is 2.30. The molecule has 2 unspecified atom stereocenters. The Bertz CT molecular complexity index is 322. The zero-order valence-electron chi connectivity index (χ0n) is 14.0. The minimum atomic E-state index is 0.000150. The molecule has 0 bridgehead atoms. The van der Waals surface area contributed by atoms with Crippen molar-refractivity contribution in [2.45, 2.75) is 65.0 Å². The monoisotopic (exact) mass is 295 g/mol. The number of rotatable bonds is 9. The van der Waals surface area contributed by atoms with Crippen molar-refractivity contribution < 1.29 is 4.79 Å². The van der Waals surface area contributed by atoms with Crippen LogP contribution in [0.3, 0.4) is 0 Å². The Morgan fingerprint density at radius 3 is 2.57 bits per heavy atom. The van der Waals surface area contributed by atoms with Crippen molar-refractivity contribution in [2.75, 3.05) is 26.2 Å². The van der Waals surface area contributed by atoms with Crippen molar-refractivity contribution in [3.8, 4) is 0 Å². The van der Waals surface area contributed by atoms with Crippen LogP contribution in [0.5, 0.6) is 0 Å². The van der Waals surface area contributed by atoms with Gasteiger partial charge in [-0.15, -0.1) is 0 Å². The van der Waals surface area contributed by atoms with Crippen molar-refractivity contribution in [1.82, 2.24) is 15.5 Å². The molecule has 1 aliphatic heterocycles. The van der Waals surface area contributed by atoms with E-state index >= 15 is 0 Å². The number of carbonyl (C=O) groups is 1. The molecule has 21 heavy (non-hydrogen) atoms. The number of amides is 1. The Morgan fingerprint density at radius 2 is 2.00 bits per heavy atom. The second kappa shape index (κ2) is 8.14. The minimum Gasteiger partial charge on any atom is -0.355 e. The van der Waals surface area contributed by atoms with Crippen LogP contribution >= 0.6 is 0 Å². The van der Waals surface area contributed by atoms with Crippen molar-refractivity contribution in [2.24, 2.45) is 11.8 Å². The standard InChI is InChI=1S/C17H33N3O/c1-13(2)8-10-19-17(21)14(3)20(11-15-6-7-15)12-16-5-4-9-18-16/h13-16,18H,4-12H2,1-3H3,(H,19,21). The van der Waals surface area contributed by atoms with E-state index in [1.165, 1.54) is 25.7 Å². The van der Waals surface area contributed by atoms with Gasteiger partial charge in [0, 0.05) is 25.7 Å². The van der Waals surface area contributed by atoms with Crippen LogP contribution in [0.2, 0.25) is 0 Å². The summed E-state index contributed by atoms with van der Waals surface area (Å²) in [6, 6.07) is 0.579. The van der Waals surface area contributed by atoms with Crippen LogP contribution in [0.25, 0.3) is 0 Å². The highest BCUT2D eigenvalue weighted by molar-refractivity contribution is 5.81. The van der Waals surface area contributed by atoms with Crippen LogP contribution < -0.4 is 10.6 Å². The van der Waals surface area contributed by atoms with E-state index in [2.05, 4.69) is 36.3 Å². The van der Waals surface area contributed by atoms with Crippen molar-refractivity contribution in [3.05, 3.63) is 0 Å². The molecule has 0 aromatic carbocycles. The Kier molecular flexibility index (Phi) is 6.49. The maximum atomic E-state index is 12.4. The summed E-state index contributed by atoms with van der Waals surface area (Å²) < 4.78 is 0. The van der Waals surface area contributed by atoms with Crippen LogP contribution in [0.15, 0.2) is 0 Å². The maximum absolute atomic E-state index is 12.4. The van der Waals surface area contributed by atoms with Crippen molar-refractivity contribution in [1.29, 1.82) is 0 Å². The fourth-order valence-corrected chi connectivity index (χ4v) is 3.02. The molecule has 2 N–H and O–H groups in total. The first-order valence-corrected chi connectivity index (χ1v) is 8.81. The van der Waals surface area contributed by atoms with Crippen LogP contribution in [0, 0.1) is 11.8 Å². The van der Waals surface area contributed by atoms with E-state index < -0.39 is 0 Å². The number of hydrogen-bond acceptors (Lipinski definition) is 3. The molecule has 1 amide bonds. The minimum absolute atomic E-state index is 0.000150. The molecule has 0 radical (unpaired) electrons. The topological polar surface area (TPSA) is 44.4 Å². The Hall–Kier alpha value is -0.610. The average molecular weight is 295 g/mol. The quantitative estimate of drug-likeness (QED) is 0.684. The third-order valence-electron chi connectivity index (χ3n) is 4.75. The highest BCUT2D eigenvalue weighted by Gasteiger charge is 2.31.